The molecule has 0 bridgehead atoms. The molecular formula is C19H23N3OS. The Morgan fingerprint density at radius 1 is 1.29 bits per heavy atom. The van der Waals surface area contributed by atoms with Crippen molar-refractivity contribution in [2.24, 2.45) is 0 Å². The number of nitrogens with zero attached hydrogens (tertiary/aromatic N) is 3. The minimum absolute atomic E-state index is 0.161. The summed E-state index contributed by atoms with van der Waals surface area (Å²) in [6.07, 6.45) is 4.60. The molecule has 0 radical (unpaired) electrons. The van der Waals surface area contributed by atoms with Crippen molar-refractivity contribution in [3.05, 3.63) is 47.1 Å². The third-order valence-electron chi connectivity index (χ3n) is 4.24. The van der Waals surface area contributed by atoms with Gasteiger partial charge in [-0.1, -0.05) is 43.2 Å². The van der Waals surface area contributed by atoms with Gasteiger partial charge in [-0.2, -0.15) is 0 Å². The molecule has 2 aromatic heterocycles. The number of benzene rings is 1. The lowest BCUT2D eigenvalue weighted by atomic mass is 10.1. The molecule has 1 amide bonds. The van der Waals surface area contributed by atoms with Crippen LogP contribution in [0.3, 0.4) is 0 Å². The number of thiazole rings is 1. The van der Waals surface area contributed by atoms with Crippen LogP contribution in [0.15, 0.2) is 35.8 Å². The molecule has 1 aromatic carbocycles. The minimum atomic E-state index is 0.161. The quantitative estimate of drug-likeness (QED) is 0.675. The van der Waals surface area contributed by atoms with Crippen LogP contribution in [0.1, 0.15) is 31.0 Å². The highest BCUT2D eigenvalue weighted by Gasteiger charge is 2.14. The van der Waals surface area contributed by atoms with Crippen LogP contribution in [0.25, 0.3) is 16.2 Å². The van der Waals surface area contributed by atoms with Gasteiger partial charge in [0.25, 0.3) is 0 Å². The van der Waals surface area contributed by atoms with Crippen LogP contribution < -0.4 is 0 Å². The third-order valence-corrected chi connectivity index (χ3v) is 5.12. The van der Waals surface area contributed by atoms with Crippen molar-refractivity contribution >= 4 is 22.2 Å². The Hall–Kier alpha value is -2.14. The summed E-state index contributed by atoms with van der Waals surface area (Å²) in [4.78, 5) is 19.8. The zero-order chi connectivity index (χ0) is 17.1. The van der Waals surface area contributed by atoms with E-state index in [1.807, 2.05) is 27.9 Å². The first-order valence-electron chi connectivity index (χ1n) is 8.35. The maximum Gasteiger partial charge on any atom is 0.228 e. The highest BCUT2D eigenvalue weighted by atomic mass is 32.1. The highest BCUT2D eigenvalue weighted by molar-refractivity contribution is 7.15. The number of aromatic nitrogens is 2. The Morgan fingerprint density at radius 2 is 2.04 bits per heavy atom. The Bertz CT molecular complexity index is 832. The highest BCUT2D eigenvalue weighted by Crippen LogP contribution is 2.24. The Kier molecular flexibility index (Phi) is 5.00. The Morgan fingerprint density at radius 3 is 2.75 bits per heavy atom. The SMILES string of the molecule is CCCCN(C)C(=O)Cc1csc2nc(-c3ccc(C)cc3)cn12. The van der Waals surface area contributed by atoms with E-state index >= 15 is 0 Å². The van der Waals surface area contributed by atoms with Gasteiger partial charge in [-0.05, 0) is 13.3 Å². The van der Waals surface area contributed by atoms with E-state index in [4.69, 9.17) is 4.98 Å². The Labute approximate surface area is 146 Å². The summed E-state index contributed by atoms with van der Waals surface area (Å²) in [6.45, 7) is 5.04. The molecule has 126 valence electrons. The van der Waals surface area contributed by atoms with E-state index in [1.165, 1.54) is 5.56 Å². The van der Waals surface area contributed by atoms with Crippen LogP contribution in [-0.4, -0.2) is 33.8 Å². The van der Waals surface area contributed by atoms with Crippen molar-refractivity contribution in [1.82, 2.24) is 14.3 Å². The predicted octanol–water partition coefficient (Wildman–Crippen LogP) is 4.17. The van der Waals surface area contributed by atoms with Crippen molar-refractivity contribution in [3.63, 3.8) is 0 Å². The molecule has 0 aliphatic carbocycles. The summed E-state index contributed by atoms with van der Waals surface area (Å²) in [7, 11) is 1.88. The van der Waals surface area contributed by atoms with Gasteiger partial charge < -0.3 is 4.90 Å². The van der Waals surface area contributed by atoms with E-state index in [2.05, 4.69) is 38.1 Å². The van der Waals surface area contributed by atoms with Crippen LogP contribution in [-0.2, 0) is 11.2 Å². The number of hydrogen-bond donors (Lipinski definition) is 0. The Balaban J connectivity index is 1.80. The van der Waals surface area contributed by atoms with Gasteiger partial charge >= 0.3 is 0 Å². The van der Waals surface area contributed by atoms with E-state index in [0.29, 0.717) is 6.42 Å². The molecule has 0 N–H and O–H groups in total. The topological polar surface area (TPSA) is 37.6 Å². The van der Waals surface area contributed by atoms with Gasteiger partial charge in [-0.3, -0.25) is 9.20 Å². The molecule has 2 heterocycles. The largest absolute Gasteiger partial charge is 0.345 e. The zero-order valence-corrected chi connectivity index (χ0v) is 15.3. The number of aryl methyl sites for hydroxylation is 1. The summed E-state index contributed by atoms with van der Waals surface area (Å²) in [5, 5.41) is 2.03. The van der Waals surface area contributed by atoms with Gasteiger partial charge in [0, 0.05) is 36.4 Å². The number of unbranched alkanes of at least 4 members (excludes halogenated alkanes) is 1. The lowest BCUT2D eigenvalue weighted by molar-refractivity contribution is -0.129. The van der Waals surface area contributed by atoms with Crippen LogP contribution >= 0.6 is 11.3 Å². The summed E-state index contributed by atoms with van der Waals surface area (Å²) >= 11 is 1.59. The number of fused-ring (bicyclic) bond motifs is 1. The normalized spacial score (nSPS) is 11.1. The molecule has 0 saturated heterocycles. The number of imidazole rings is 1. The summed E-state index contributed by atoms with van der Waals surface area (Å²) in [6, 6.07) is 8.36. The van der Waals surface area contributed by atoms with Crippen LogP contribution in [0.5, 0.6) is 0 Å². The second-order valence-corrected chi connectivity index (χ2v) is 7.05. The summed E-state index contributed by atoms with van der Waals surface area (Å²) < 4.78 is 2.05. The molecule has 3 aromatic rings. The van der Waals surface area contributed by atoms with Crippen molar-refractivity contribution in [3.8, 4) is 11.3 Å². The molecule has 0 atom stereocenters. The van der Waals surface area contributed by atoms with E-state index in [-0.39, 0.29) is 5.91 Å². The molecule has 3 rings (SSSR count). The third kappa shape index (κ3) is 3.51. The first-order valence-corrected chi connectivity index (χ1v) is 9.23. The van der Waals surface area contributed by atoms with Crippen molar-refractivity contribution in [2.45, 2.75) is 33.1 Å². The van der Waals surface area contributed by atoms with Crippen molar-refractivity contribution < 1.29 is 4.79 Å². The maximum atomic E-state index is 12.4. The van der Waals surface area contributed by atoms with Crippen molar-refractivity contribution in [2.75, 3.05) is 13.6 Å². The number of likely N-dealkylation sites (N-methyl/N-ethyl adjacent to an activating group) is 1. The predicted molar refractivity (Wildman–Crippen MR) is 99.5 cm³/mol. The van der Waals surface area contributed by atoms with Gasteiger partial charge in [0.05, 0.1) is 12.1 Å². The van der Waals surface area contributed by atoms with E-state index < -0.39 is 0 Å². The van der Waals surface area contributed by atoms with E-state index in [0.717, 1.165) is 41.3 Å². The maximum absolute atomic E-state index is 12.4. The van der Waals surface area contributed by atoms with Crippen molar-refractivity contribution in [1.29, 1.82) is 0 Å². The fraction of sp³-hybridized carbons (Fsp3) is 0.368. The zero-order valence-electron chi connectivity index (χ0n) is 14.5. The number of carbonyl (C=O) groups excluding carboxylic acids is 1. The molecule has 0 unspecified atom stereocenters. The fourth-order valence-electron chi connectivity index (χ4n) is 2.63. The van der Waals surface area contributed by atoms with Gasteiger partial charge in [0.15, 0.2) is 4.96 Å². The average Bonchev–Trinajstić information content (AvgIpc) is 3.15. The average molecular weight is 341 g/mol. The van der Waals surface area contributed by atoms with Gasteiger partial charge in [-0.25, -0.2) is 4.98 Å². The minimum Gasteiger partial charge on any atom is -0.345 e. The molecule has 0 aliphatic rings. The van der Waals surface area contributed by atoms with Gasteiger partial charge in [-0.15, -0.1) is 11.3 Å². The molecule has 0 spiro atoms. The van der Waals surface area contributed by atoms with E-state index in [1.54, 1.807) is 11.3 Å². The summed E-state index contributed by atoms with van der Waals surface area (Å²) in [5.74, 6) is 0.161. The van der Waals surface area contributed by atoms with Crippen LogP contribution in [0.4, 0.5) is 0 Å². The van der Waals surface area contributed by atoms with Crippen LogP contribution in [0.2, 0.25) is 0 Å². The van der Waals surface area contributed by atoms with E-state index in [9.17, 15) is 4.79 Å². The first kappa shape index (κ1) is 16.7. The number of amides is 1. The number of carbonyl (C=O) groups is 1. The fourth-order valence-corrected chi connectivity index (χ4v) is 3.50. The monoisotopic (exact) mass is 341 g/mol. The smallest absolute Gasteiger partial charge is 0.228 e. The van der Waals surface area contributed by atoms with Gasteiger partial charge in [0.1, 0.15) is 0 Å². The molecule has 0 fully saturated rings. The first-order chi connectivity index (χ1) is 11.6. The molecule has 0 aliphatic heterocycles. The van der Waals surface area contributed by atoms with Crippen LogP contribution in [0, 0.1) is 6.92 Å². The second-order valence-electron chi connectivity index (χ2n) is 6.22. The molecular weight excluding hydrogens is 318 g/mol. The lowest BCUT2D eigenvalue weighted by Gasteiger charge is -2.16. The van der Waals surface area contributed by atoms with Gasteiger partial charge in [0.2, 0.25) is 5.91 Å². The number of hydrogen-bond acceptors (Lipinski definition) is 3. The lowest BCUT2D eigenvalue weighted by Crippen LogP contribution is -2.29. The molecule has 5 heteroatoms. The second kappa shape index (κ2) is 7.18. The molecule has 24 heavy (non-hydrogen) atoms. The number of rotatable bonds is 6. The summed E-state index contributed by atoms with van der Waals surface area (Å²) in [5.41, 5.74) is 4.30. The molecule has 0 saturated carbocycles. The molecule has 4 nitrogen and oxygen atoms in total. The standard InChI is InChI=1S/C19H23N3OS/c1-4-5-10-21(3)18(23)11-16-13-24-19-20-17(12-22(16)19)15-8-6-14(2)7-9-15/h6-9,12-13H,4-5,10-11H2,1-3H3.